The molecule has 0 heterocycles. The molecule has 0 aromatic carbocycles. The van der Waals surface area contributed by atoms with E-state index in [9.17, 15) is 5.11 Å². The average molecular weight is 152 g/mol. The van der Waals surface area contributed by atoms with Crippen LogP contribution in [0.2, 0.25) is 0 Å². The van der Waals surface area contributed by atoms with Crippen LogP contribution in [0.25, 0.3) is 0 Å². The highest BCUT2D eigenvalue weighted by atomic mass is 16.3. The Kier molecular flexibility index (Phi) is 5.54. The van der Waals surface area contributed by atoms with Crippen LogP contribution in [-0.2, 0) is 0 Å². The Hall–Kier alpha value is -0.780. The highest BCUT2D eigenvalue weighted by Gasteiger charge is 2.04. The lowest BCUT2D eigenvalue weighted by Crippen LogP contribution is -2.07. The van der Waals surface area contributed by atoms with Crippen LogP contribution in [0.1, 0.15) is 26.2 Å². The SMILES string of the molecule is C=C=C(C=C)C(O)CCCC. The smallest absolute Gasteiger partial charge is 0.0861 e. The average Bonchev–Trinajstić information content (AvgIpc) is 2.03. The Balaban J connectivity index is 3.90. The molecule has 0 amide bonds. The molecule has 1 N–H and O–H groups in total. The van der Waals surface area contributed by atoms with Gasteiger partial charge in [0.2, 0.25) is 0 Å². The van der Waals surface area contributed by atoms with E-state index in [-0.39, 0.29) is 0 Å². The largest absolute Gasteiger partial charge is 0.388 e. The summed E-state index contributed by atoms with van der Waals surface area (Å²) in [5.41, 5.74) is 3.37. The van der Waals surface area contributed by atoms with Crippen molar-refractivity contribution in [1.82, 2.24) is 0 Å². The number of aliphatic hydroxyl groups excluding tert-OH is 1. The van der Waals surface area contributed by atoms with E-state index in [1.807, 2.05) is 0 Å². The van der Waals surface area contributed by atoms with Gasteiger partial charge in [0, 0.05) is 5.57 Å². The van der Waals surface area contributed by atoms with Gasteiger partial charge in [-0.25, -0.2) is 0 Å². The Labute approximate surface area is 68.7 Å². The molecule has 0 radical (unpaired) electrons. The van der Waals surface area contributed by atoms with Crippen LogP contribution in [0.5, 0.6) is 0 Å². The summed E-state index contributed by atoms with van der Waals surface area (Å²) >= 11 is 0. The molecule has 0 saturated heterocycles. The lowest BCUT2D eigenvalue weighted by atomic mass is 10.1. The molecule has 0 aliphatic carbocycles. The zero-order valence-electron chi connectivity index (χ0n) is 7.14. The molecule has 0 spiro atoms. The fourth-order valence-corrected chi connectivity index (χ4v) is 0.879. The minimum Gasteiger partial charge on any atom is -0.388 e. The van der Waals surface area contributed by atoms with Gasteiger partial charge in [-0.15, -0.1) is 5.73 Å². The van der Waals surface area contributed by atoms with Gasteiger partial charge in [-0.05, 0) is 6.42 Å². The summed E-state index contributed by atoms with van der Waals surface area (Å²) in [6.07, 6.45) is 4.08. The summed E-state index contributed by atoms with van der Waals surface area (Å²) < 4.78 is 0. The van der Waals surface area contributed by atoms with Gasteiger partial charge in [0.05, 0.1) is 6.10 Å². The van der Waals surface area contributed by atoms with Crippen molar-refractivity contribution in [3.05, 3.63) is 30.5 Å². The van der Waals surface area contributed by atoms with E-state index in [0.717, 1.165) is 19.3 Å². The van der Waals surface area contributed by atoms with Gasteiger partial charge in [-0.1, -0.05) is 39.0 Å². The number of hydrogen-bond acceptors (Lipinski definition) is 1. The minimum absolute atomic E-state index is 0.426. The predicted octanol–water partition coefficient (Wildman–Crippen LogP) is 2.43. The molecule has 0 aromatic heterocycles. The third-order valence-corrected chi connectivity index (χ3v) is 1.61. The summed E-state index contributed by atoms with van der Waals surface area (Å²) in [6, 6.07) is 0. The second-order valence-corrected chi connectivity index (χ2v) is 2.49. The van der Waals surface area contributed by atoms with Crippen molar-refractivity contribution in [2.45, 2.75) is 32.3 Å². The first-order chi connectivity index (χ1) is 5.26. The quantitative estimate of drug-likeness (QED) is 0.474. The first-order valence-electron chi connectivity index (χ1n) is 3.96. The van der Waals surface area contributed by atoms with Crippen molar-refractivity contribution in [3.8, 4) is 0 Å². The summed E-state index contributed by atoms with van der Waals surface area (Å²) in [5, 5.41) is 9.43. The van der Waals surface area contributed by atoms with E-state index < -0.39 is 6.10 Å². The maximum absolute atomic E-state index is 9.43. The summed E-state index contributed by atoms with van der Waals surface area (Å²) in [6.45, 7) is 9.12. The van der Waals surface area contributed by atoms with Crippen LogP contribution in [0.3, 0.4) is 0 Å². The van der Waals surface area contributed by atoms with Gasteiger partial charge in [-0.3, -0.25) is 0 Å². The van der Waals surface area contributed by atoms with E-state index in [1.165, 1.54) is 0 Å². The highest BCUT2D eigenvalue weighted by molar-refractivity contribution is 5.18. The normalized spacial score (nSPS) is 11.8. The van der Waals surface area contributed by atoms with Crippen molar-refractivity contribution in [2.75, 3.05) is 0 Å². The standard InChI is InChI=1S/C10H16O/c1-4-7-8-10(11)9(5-2)6-3/h5,10-11H,2-4,7-8H2,1H3. The Morgan fingerprint density at radius 1 is 1.73 bits per heavy atom. The zero-order chi connectivity index (χ0) is 8.69. The van der Waals surface area contributed by atoms with Gasteiger partial charge in [0.1, 0.15) is 0 Å². The van der Waals surface area contributed by atoms with Gasteiger partial charge < -0.3 is 5.11 Å². The van der Waals surface area contributed by atoms with Gasteiger partial charge in [0.15, 0.2) is 0 Å². The monoisotopic (exact) mass is 152 g/mol. The third kappa shape index (κ3) is 3.82. The van der Waals surface area contributed by atoms with Crippen molar-refractivity contribution < 1.29 is 5.11 Å². The molecule has 1 atom stereocenters. The maximum atomic E-state index is 9.43. The topological polar surface area (TPSA) is 20.2 Å². The van der Waals surface area contributed by atoms with Crippen molar-refractivity contribution in [2.24, 2.45) is 0 Å². The predicted molar refractivity (Wildman–Crippen MR) is 48.4 cm³/mol. The molecule has 11 heavy (non-hydrogen) atoms. The van der Waals surface area contributed by atoms with Crippen molar-refractivity contribution in [3.63, 3.8) is 0 Å². The van der Waals surface area contributed by atoms with E-state index in [4.69, 9.17) is 0 Å². The van der Waals surface area contributed by atoms with Gasteiger partial charge in [0.25, 0.3) is 0 Å². The van der Waals surface area contributed by atoms with Crippen LogP contribution < -0.4 is 0 Å². The first-order valence-corrected chi connectivity index (χ1v) is 3.96. The van der Waals surface area contributed by atoms with E-state index >= 15 is 0 Å². The Morgan fingerprint density at radius 3 is 2.73 bits per heavy atom. The number of unbranched alkanes of at least 4 members (excludes halogenated alkanes) is 1. The second-order valence-electron chi connectivity index (χ2n) is 2.49. The molecule has 0 rings (SSSR count). The number of hydrogen-bond donors (Lipinski definition) is 1. The maximum Gasteiger partial charge on any atom is 0.0861 e. The summed E-state index contributed by atoms with van der Waals surface area (Å²) in [5.74, 6) is 0. The van der Waals surface area contributed by atoms with Crippen LogP contribution >= 0.6 is 0 Å². The molecule has 1 nitrogen and oxygen atoms in total. The molecule has 1 unspecified atom stereocenters. The summed E-state index contributed by atoms with van der Waals surface area (Å²) in [4.78, 5) is 0. The van der Waals surface area contributed by atoms with Crippen LogP contribution in [0.15, 0.2) is 30.5 Å². The Morgan fingerprint density at radius 2 is 2.36 bits per heavy atom. The van der Waals surface area contributed by atoms with Crippen LogP contribution in [0.4, 0.5) is 0 Å². The molecular formula is C10H16O. The lowest BCUT2D eigenvalue weighted by Gasteiger charge is -2.07. The fraction of sp³-hybridized carbons (Fsp3) is 0.500. The minimum atomic E-state index is -0.426. The molecule has 0 saturated carbocycles. The van der Waals surface area contributed by atoms with E-state index in [2.05, 4.69) is 25.8 Å². The van der Waals surface area contributed by atoms with E-state index in [0.29, 0.717) is 5.57 Å². The van der Waals surface area contributed by atoms with Crippen LogP contribution in [0, 0.1) is 0 Å². The van der Waals surface area contributed by atoms with E-state index in [1.54, 1.807) is 6.08 Å². The zero-order valence-corrected chi connectivity index (χ0v) is 7.14. The third-order valence-electron chi connectivity index (χ3n) is 1.61. The molecule has 62 valence electrons. The molecule has 0 fully saturated rings. The fourth-order valence-electron chi connectivity index (χ4n) is 0.879. The molecule has 0 aliphatic rings. The summed E-state index contributed by atoms with van der Waals surface area (Å²) in [7, 11) is 0. The molecule has 0 bridgehead atoms. The molecular weight excluding hydrogens is 136 g/mol. The second kappa shape index (κ2) is 5.96. The molecule has 1 heteroatoms. The first kappa shape index (κ1) is 10.2. The van der Waals surface area contributed by atoms with Gasteiger partial charge >= 0.3 is 0 Å². The highest BCUT2D eigenvalue weighted by Crippen LogP contribution is 2.09. The van der Waals surface area contributed by atoms with Crippen LogP contribution in [-0.4, -0.2) is 11.2 Å². The Bertz CT molecular complexity index is 164. The lowest BCUT2D eigenvalue weighted by molar-refractivity contribution is 0.201. The molecule has 0 aliphatic heterocycles. The van der Waals surface area contributed by atoms with Crippen molar-refractivity contribution in [1.29, 1.82) is 0 Å². The van der Waals surface area contributed by atoms with Crippen molar-refractivity contribution >= 4 is 0 Å². The number of aliphatic hydroxyl groups is 1. The van der Waals surface area contributed by atoms with Gasteiger partial charge in [-0.2, -0.15) is 0 Å². The molecule has 0 aromatic rings. The number of rotatable bonds is 5.